The summed E-state index contributed by atoms with van der Waals surface area (Å²) in [6, 6.07) is 2.04. The predicted molar refractivity (Wildman–Crippen MR) is 61.8 cm³/mol. The van der Waals surface area contributed by atoms with Crippen LogP contribution in [0.3, 0.4) is 0 Å². The average molecular weight is 205 g/mol. The van der Waals surface area contributed by atoms with Crippen LogP contribution in [0.1, 0.15) is 37.7 Å². The van der Waals surface area contributed by atoms with Crippen molar-refractivity contribution in [3.8, 4) is 0 Å². The van der Waals surface area contributed by atoms with E-state index < -0.39 is 0 Å². The van der Waals surface area contributed by atoms with Crippen LogP contribution >= 0.6 is 0 Å². The third kappa shape index (κ3) is 3.18. The lowest BCUT2D eigenvalue weighted by molar-refractivity contribution is 0.518. The molecule has 1 aliphatic carbocycles. The molecule has 1 saturated carbocycles. The van der Waals surface area contributed by atoms with Crippen molar-refractivity contribution in [1.82, 2.24) is 10.2 Å². The van der Waals surface area contributed by atoms with E-state index in [2.05, 4.69) is 15.5 Å². The molecule has 1 aliphatic rings. The largest absolute Gasteiger partial charge is 0.369 e. The Hall–Kier alpha value is -1.12. The molecular weight excluding hydrogens is 186 g/mol. The first-order chi connectivity index (χ1) is 7.34. The van der Waals surface area contributed by atoms with E-state index in [9.17, 15) is 0 Å². The van der Waals surface area contributed by atoms with Gasteiger partial charge in [-0.15, -0.1) is 5.10 Å². The molecule has 82 valence electrons. The van der Waals surface area contributed by atoms with Crippen molar-refractivity contribution < 1.29 is 0 Å². The van der Waals surface area contributed by atoms with Crippen LogP contribution in [0.15, 0.2) is 12.3 Å². The van der Waals surface area contributed by atoms with Gasteiger partial charge in [0.1, 0.15) is 5.82 Å². The maximum absolute atomic E-state index is 4.04. The third-order valence-corrected chi connectivity index (χ3v) is 3.12. The summed E-state index contributed by atoms with van der Waals surface area (Å²) in [7, 11) is 0. The normalized spacial score (nSPS) is 16.9. The maximum Gasteiger partial charge on any atom is 0.148 e. The fourth-order valence-corrected chi connectivity index (χ4v) is 2.25. The number of nitrogens with zero attached hydrogens (tertiary/aromatic N) is 2. The molecular formula is C12H19N3. The van der Waals surface area contributed by atoms with Crippen molar-refractivity contribution >= 4 is 5.82 Å². The number of aryl methyl sites for hydroxylation is 1. The summed E-state index contributed by atoms with van der Waals surface area (Å²) in [5.41, 5.74) is 1.16. The third-order valence-electron chi connectivity index (χ3n) is 3.12. The van der Waals surface area contributed by atoms with Gasteiger partial charge in [-0.1, -0.05) is 25.7 Å². The van der Waals surface area contributed by atoms with Gasteiger partial charge >= 0.3 is 0 Å². The molecule has 0 aliphatic heterocycles. The second-order valence-electron chi connectivity index (χ2n) is 4.48. The molecule has 0 unspecified atom stereocenters. The topological polar surface area (TPSA) is 37.8 Å². The summed E-state index contributed by atoms with van der Waals surface area (Å²) in [6.07, 6.45) is 8.74. The molecule has 0 spiro atoms. The molecule has 15 heavy (non-hydrogen) atoms. The summed E-state index contributed by atoms with van der Waals surface area (Å²) in [4.78, 5) is 0. The predicted octanol–water partition coefficient (Wildman–Crippen LogP) is 2.78. The fraction of sp³-hybridized carbons (Fsp3) is 0.667. The van der Waals surface area contributed by atoms with Gasteiger partial charge < -0.3 is 5.32 Å². The molecule has 0 bridgehead atoms. The summed E-state index contributed by atoms with van der Waals surface area (Å²) in [6.45, 7) is 3.07. The summed E-state index contributed by atoms with van der Waals surface area (Å²) < 4.78 is 0. The van der Waals surface area contributed by atoms with Crippen LogP contribution in [0.2, 0.25) is 0 Å². The monoisotopic (exact) mass is 205 g/mol. The van der Waals surface area contributed by atoms with Gasteiger partial charge in [-0.3, -0.25) is 0 Å². The second-order valence-corrected chi connectivity index (χ2v) is 4.48. The summed E-state index contributed by atoms with van der Waals surface area (Å²) in [5, 5.41) is 11.3. The van der Waals surface area contributed by atoms with Gasteiger partial charge in [-0.25, -0.2) is 0 Å². The second kappa shape index (κ2) is 5.10. The number of aromatic nitrogens is 2. The summed E-state index contributed by atoms with van der Waals surface area (Å²) in [5.74, 6) is 1.85. The van der Waals surface area contributed by atoms with Crippen LogP contribution in [0.5, 0.6) is 0 Å². The molecule has 1 aromatic rings. The molecule has 0 aromatic carbocycles. The van der Waals surface area contributed by atoms with E-state index in [1.165, 1.54) is 32.1 Å². The van der Waals surface area contributed by atoms with Crippen LogP contribution in [0, 0.1) is 12.8 Å². The minimum Gasteiger partial charge on any atom is -0.369 e. The van der Waals surface area contributed by atoms with Gasteiger partial charge in [-0.2, -0.15) is 5.10 Å². The van der Waals surface area contributed by atoms with Crippen LogP contribution in [-0.2, 0) is 0 Å². The lowest BCUT2D eigenvalue weighted by Crippen LogP contribution is -2.08. The highest BCUT2D eigenvalue weighted by Gasteiger charge is 2.13. The fourth-order valence-electron chi connectivity index (χ4n) is 2.25. The first-order valence-corrected chi connectivity index (χ1v) is 5.88. The van der Waals surface area contributed by atoms with Gasteiger partial charge in [0.15, 0.2) is 0 Å². The van der Waals surface area contributed by atoms with Gasteiger partial charge in [-0.05, 0) is 30.9 Å². The quantitative estimate of drug-likeness (QED) is 0.821. The van der Waals surface area contributed by atoms with Crippen molar-refractivity contribution in [3.05, 3.63) is 17.8 Å². The molecule has 3 nitrogen and oxygen atoms in total. The van der Waals surface area contributed by atoms with Gasteiger partial charge in [0, 0.05) is 6.54 Å². The van der Waals surface area contributed by atoms with E-state index in [1.54, 1.807) is 6.20 Å². The molecule has 0 radical (unpaired) electrons. The van der Waals surface area contributed by atoms with Crippen LogP contribution in [-0.4, -0.2) is 16.7 Å². The Bertz CT molecular complexity index is 305. The Morgan fingerprint density at radius 2 is 2.20 bits per heavy atom. The minimum atomic E-state index is 0.910. The van der Waals surface area contributed by atoms with Gasteiger partial charge in [0.2, 0.25) is 0 Å². The Labute approximate surface area is 91.3 Å². The van der Waals surface area contributed by atoms with Crippen LogP contribution in [0.25, 0.3) is 0 Å². The smallest absolute Gasteiger partial charge is 0.148 e. The number of rotatable bonds is 4. The van der Waals surface area contributed by atoms with Crippen molar-refractivity contribution in [1.29, 1.82) is 0 Å². The zero-order valence-electron chi connectivity index (χ0n) is 9.37. The highest BCUT2D eigenvalue weighted by molar-refractivity contribution is 5.34. The van der Waals surface area contributed by atoms with Crippen LogP contribution in [0.4, 0.5) is 5.82 Å². The van der Waals surface area contributed by atoms with Gasteiger partial charge in [0.05, 0.1) is 6.20 Å². The Balaban J connectivity index is 1.73. The van der Waals surface area contributed by atoms with E-state index in [4.69, 9.17) is 0 Å². The SMILES string of the molecule is Cc1cnnc(NCCC2CCCC2)c1. The van der Waals surface area contributed by atoms with E-state index in [0.29, 0.717) is 0 Å². The zero-order valence-corrected chi connectivity index (χ0v) is 9.37. The number of nitrogens with one attached hydrogen (secondary N) is 1. The Kier molecular flexibility index (Phi) is 3.54. The number of anilines is 1. The molecule has 1 N–H and O–H groups in total. The van der Waals surface area contributed by atoms with Crippen molar-refractivity contribution in [2.24, 2.45) is 5.92 Å². The van der Waals surface area contributed by atoms with E-state index in [0.717, 1.165) is 23.8 Å². The first-order valence-electron chi connectivity index (χ1n) is 5.88. The zero-order chi connectivity index (χ0) is 10.5. The Morgan fingerprint density at radius 1 is 1.40 bits per heavy atom. The van der Waals surface area contributed by atoms with Crippen LogP contribution < -0.4 is 5.32 Å². The maximum atomic E-state index is 4.04. The molecule has 0 saturated heterocycles. The molecule has 0 amide bonds. The summed E-state index contributed by atoms with van der Waals surface area (Å²) >= 11 is 0. The van der Waals surface area contributed by atoms with Crippen molar-refractivity contribution in [3.63, 3.8) is 0 Å². The van der Waals surface area contributed by atoms with Crippen molar-refractivity contribution in [2.45, 2.75) is 39.0 Å². The van der Waals surface area contributed by atoms with E-state index in [1.807, 2.05) is 13.0 Å². The number of hydrogen-bond acceptors (Lipinski definition) is 3. The van der Waals surface area contributed by atoms with Crippen molar-refractivity contribution in [2.75, 3.05) is 11.9 Å². The van der Waals surface area contributed by atoms with E-state index in [-0.39, 0.29) is 0 Å². The first kappa shape index (κ1) is 10.4. The molecule has 1 heterocycles. The Morgan fingerprint density at radius 3 is 2.93 bits per heavy atom. The molecule has 1 fully saturated rings. The standard InChI is InChI=1S/C12H19N3/c1-10-8-12(15-14-9-10)13-7-6-11-4-2-3-5-11/h8-9,11H,2-7H2,1H3,(H,13,15). The minimum absolute atomic E-state index is 0.910. The average Bonchev–Trinajstić information content (AvgIpc) is 2.71. The lowest BCUT2D eigenvalue weighted by atomic mass is 10.0. The van der Waals surface area contributed by atoms with E-state index >= 15 is 0 Å². The molecule has 0 atom stereocenters. The molecule has 1 aromatic heterocycles. The highest BCUT2D eigenvalue weighted by Crippen LogP contribution is 2.27. The highest BCUT2D eigenvalue weighted by atomic mass is 15.2. The van der Waals surface area contributed by atoms with Gasteiger partial charge in [0.25, 0.3) is 0 Å². The molecule has 3 heteroatoms. The number of hydrogen-bond donors (Lipinski definition) is 1. The lowest BCUT2D eigenvalue weighted by Gasteiger charge is -2.09. The molecule has 2 rings (SSSR count).